The Balaban J connectivity index is 1.61. The topological polar surface area (TPSA) is 71.3 Å². The number of rotatable bonds is 4. The summed E-state index contributed by atoms with van der Waals surface area (Å²) >= 11 is 3.31. The molecule has 4 heterocycles. The lowest BCUT2D eigenvalue weighted by Crippen LogP contribution is -2.29. The first-order chi connectivity index (χ1) is 13.7. The van der Waals surface area contributed by atoms with Crippen LogP contribution in [0.2, 0.25) is 0 Å². The molecule has 3 aromatic heterocycles. The highest BCUT2D eigenvalue weighted by molar-refractivity contribution is 7.22. The second-order valence-electron chi connectivity index (χ2n) is 6.64. The third-order valence-electron chi connectivity index (χ3n) is 4.98. The molecule has 4 aromatic rings. The zero-order valence-electron chi connectivity index (χ0n) is 15.3. The average molecular weight is 411 g/mol. The molecule has 1 amide bonds. The number of thiazole rings is 1. The van der Waals surface area contributed by atoms with Crippen molar-refractivity contribution >= 4 is 43.8 Å². The predicted molar refractivity (Wildman–Crippen MR) is 112 cm³/mol. The number of nitrogens with one attached hydrogen (secondary N) is 1. The molecular formula is C20H18N4O2S2. The Kier molecular flexibility index (Phi) is 4.46. The normalized spacial score (nSPS) is 14.3. The van der Waals surface area contributed by atoms with E-state index < -0.39 is 0 Å². The third kappa shape index (κ3) is 3.03. The Hall–Kier alpha value is -2.55. The molecule has 0 bridgehead atoms. The number of anilines is 1. The molecule has 0 fully saturated rings. The van der Waals surface area contributed by atoms with Gasteiger partial charge in [-0.25, -0.2) is 4.98 Å². The molecule has 0 atom stereocenters. The molecule has 0 unspecified atom stereocenters. The van der Waals surface area contributed by atoms with Gasteiger partial charge in [0, 0.05) is 29.6 Å². The van der Waals surface area contributed by atoms with Crippen LogP contribution in [0.25, 0.3) is 20.8 Å². The summed E-state index contributed by atoms with van der Waals surface area (Å²) in [6.45, 7) is 5.13. The molecule has 5 rings (SSSR count). The average Bonchev–Trinajstić information content (AvgIpc) is 3.44. The fourth-order valence-electron chi connectivity index (χ4n) is 3.52. The molecule has 28 heavy (non-hydrogen) atoms. The van der Waals surface area contributed by atoms with E-state index in [1.165, 1.54) is 16.6 Å². The highest BCUT2D eigenvalue weighted by Crippen LogP contribution is 2.45. The van der Waals surface area contributed by atoms with Crippen molar-refractivity contribution in [1.29, 1.82) is 0 Å². The van der Waals surface area contributed by atoms with Gasteiger partial charge in [-0.3, -0.25) is 9.69 Å². The highest BCUT2D eigenvalue weighted by Gasteiger charge is 2.27. The van der Waals surface area contributed by atoms with Gasteiger partial charge in [-0.2, -0.15) is 0 Å². The monoisotopic (exact) mass is 410 g/mol. The van der Waals surface area contributed by atoms with E-state index in [0.717, 1.165) is 51.8 Å². The van der Waals surface area contributed by atoms with Gasteiger partial charge >= 0.3 is 0 Å². The Labute approximate surface area is 169 Å². The van der Waals surface area contributed by atoms with Crippen molar-refractivity contribution in [2.45, 2.75) is 19.9 Å². The van der Waals surface area contributed by atoms with Gasteiger partial charge in [0.15, 0.2) is 0 Å². The molecule has 8 heteroatoms. The summed E-state index contributed by atoms with van der Waals surface area (Å²) in [6.07, 6.45) is 2.44. The Morgan fingerprint density at radius 2 is 2.18 bits per heavy atom. The van der Waals surface area contributed by atoms with E-state index in [0.29, 0.717) is 0 Å². The first-order valence-electron chi connectivity index (χ1n) is 9.17. The fraction of sp³-hybridized carbons (Fsp3) is 0.250. The van der Waals surface area contributed by atoms with Crippen LogP contribution in [0.4, 0.5) is 5.00 Å². The number of nitrogens with zero attached hydrogens (tertiary/aromatic N) is 3. The summed E-state index contributed by atoms with van der Waals surface area (Å²) in [5.41, 5.74) is 3.35. The van der Waals surface area contributed by atoms with Crippen molar-refractivity contribution in [2.24, 2.45) is 0 Å². The molecule has 0 saturated carbocycles. The zero-order chi connectivity index (χ0) is 19.1. The smallest absolute Gasteiger partial charge is 0.294 e. The van der Waals surface area contributed by atoms with Gasteiger partial charge < -0.3 is 9.84 Å². The predicted octanol–water partition coefficient (Wildman–Crippen LogP) is 4.64. The summed E-state index contributed by atoms with van der Waals surface area (Å²) in [5.74, 6) is -0.0809. The van der Waals surface area contributed by atoms with Crippen LogP contribution >= 0.6 is 22.7 Å². The summed E-state index contributed by atoms with van der Waals surface area (Å²) in [4.78, 5) is 21.2. The Morgan fingerprint density at radius 1 is 1.29 bits per heavy atom. The maximum atomic E-state index is 12.6. The van der Waals surface area contributed by atoms with Crippen molar-refractivity contribution in [1.82, 2.24) is 15.0 Å². The molecule has 0 aliphatic carbocycles. The van der Waals surface area contributed by atoms with E-state index in [1.807, 2.05) is 18.2 Å². The quantitative estimate of drug-likeness (QED) is 0.531. The molecule has 0 radical (unpaired) electrons. The number of amides is 1. The minimum atomic E-state index is -0.286. The number of carbonyl (C=O) groups is 1. The van der Waals surface area contributed by atoms with Gasteiger partial charge in [-0.1, -0.05) is 24.2 Å². The van der Waals surface area contributed by atoms with Crippen LogP contribution in [0.5, 0.6) is 0 Å². The first-order valence-corrected chi connectivity index (χ1v) is 10.8. The van der Waals surface area contributed by atoms with Gasteiger partial charge in [0.05, 0.1) is 16.4 Å². The number of hydrogen-bond acceptors (Lipinski definition) is 7. The molecule has 1 aliphatic rings. The van der Waals surface area contributed by atoms with Crippen molar-refractivity contribution in [3.63, 3.8) is 0 Å². The maximum absolute atomic E-state index is 12.6. The van der Waals surface area contributed by atoms with Crippen LogP contribution in [0, 0.1) is 0 Å². The highest BCUT2D eigenvalue weighted by atomic mass is 32.1. The number of aromatic nitrogens is 2. The van der Waals surface area contributed by atoms with Crippen LogP contribution < -0.4 is 5.32 Å². The lowest BCUT2D eigenvalue weighted by atomic mass is 10.0. The standard InChI is InChI=1S/C20H18N4O2S2/c1-2-24-10-8-12-16(11-24)28-20(23-18(25)14-7-9-21-26-14)17(12)19-22-13-5-3-4-6-15(13)27-19/h3-7,9H,2,8,10-11H2,1H3,(H,23,25). The van der Waals surface area contributed by atoms with Crippen LogP contribution in [0.1, 0.15) is 27.9 Å². The lowest BCUT2D eigenvalue weighted by Gasteiger charge is -2.25. The molecule has 142 valence electrons. The zero-order valence-corrected chi connectivity index (χ0v) is 16.9. The molecule has 1 aromatic carbocycles. The van der Waals surface area contributed by atoms with Gasteiger partial charge in [0.2, 0.25) is 5.76 Å². The van der Waals surface area contributed by atoms with E-state index in [1.54, 1.807) is 28.7 Å². The number of fused-ring (bicyclic) bond motifs is 2. The van der Waals surface area contributed by atoms with E-state index in [2.05, 4.69) is 28.4 Å². The Bertz CT molecular complexity index is 1110. The SMILES string of the molecule is CCN1CCc2c(sc(NC(=O)c3ccno3)c2-c2nc3ccccc3s2)C1. The summed E-state index contributed by atoms with van der Waals surface area (Å²) in [5, 5.41) is 8.46. The molecule has 0 saturated heterocycles. The van der Waals surface area contributed by atoms with Gasteiger partial charge in [0.1, 0.15) is 10.0 Å². The number of hydrogen-bond donors (Lipinski definition) is 1. The van der Waals surface area contributed by atoms with Crippen LogP contribution in [0.3, 0.4) is 0 Å². The van der Waals surface area contributed by atoms with Crippen molar-refractivity contribution < 1.29 is 9.32 Å². The van der Waals surface area contributed by atoms with Gasteiger partial charge in [-0.05, 0) is 30.7 Å². The molecule has 1 N–H and O–H groups in total. The summed E-state index contributed by atoms with van der Waals surface area (Å²) in [7, 11) is 0. The van der Waals surface area contributed by atoms with Crippen LogP contribution in [-0.2, 0) is 13.0 Å². The van der Waals surface area contributed by atoms with E-state index in [9.17, 15) is 4.79 Å². The van der Waals surface area contributed by atoms with Crippen LogP contribution in [0.15, 0.2) is 41.1 Å². The minimum Gasteiger partial charge on any atom is -0.351 e. The van der Waals surface area contributed by atoms with E-state index in [4.69, 9.17) is 9.51 Å². The lowest BCUT2D eigenvalue weighted by molar-refractivity contribution is 0.0988. The number of para-hydroxylation sites is 1. The number of likely N-dealkylation sites (N-methyl/N-ethyl adjacent to an activating group) is 1. The summed E-state index contributed by atoms with van der Waals surface area (Å²) < 4.78 is 6.17. The third-order valence-corrected chi connectivity index (χ3v) is 7.17. The molecular weight excluding hydrogens is 392 g/mol. The largest absolute Gasteiger partial charge is 0.351 e. The van der Waals surface area contributed by atoms with Crippen LogP contribution in [-0.4, -0.2) is 34.0 Å². The number of carbonyl (C=O) groups excluding carboxylic acids is 1. The molecule has 1 aliphatic heterocycles. The van der Waals surface area contributed by atoms with Crippen molar-refractivity contribution in [3.05, 3.63) is 52.7 Å². The second-order valence-corrected chi connectivity index (χ2v) is 8.78. The second kappa shape index (κ2) is 7.12. The van der Waals surface area contributed by atoms with Crippen molar-refractivity contribution in [2.75, 3.05) is 18.4 Å². The van der Waals surface area contributed by atoms with E-state index in [-0.39, 0.29) is 11.7 Å². The summed E-state index contributed by atoms with van der Waals surface area (Å²) in [6, 6.07) is 9.71. The maximum Gasteiger partial charge on any atom is 0.294 e. The fourth-order valence-corrected chi connectivity index (χ4v) is 5.91. The molecule has 0 spiro atoms. The first kappa shape index (κ1) is 17.5. The number of thiophene rings is 1. The van der Waals surface area contributed by atoms with Crippen molar-refractivity contribution in [3.8, 4) is 10.6 Å². The van der Waals surface area contributed by atoms with Gasteiger partial charge in [0.25, 0.3) is 5.91 Å². The molecule has 6 nitrogen and oxygen atoms in total. The minimum absolute atomic E-state index is 0.205. The number of benzene rings is 1. The van der Waals surface area contributed by atoms with E-state index >= 15 is 0 Å². The Morgan fingerprint density at radius 3 is 2.96 bits per heavy atom. The van der Waals surface area contributed by atoms with Gasteiger partial charge in [-0.15, -0.1) is 22.7 Å².